The van der Waals surface area contributed by atoms with Gasteiger partial charge >= 0.3 is 0 Å². The predicted octanol–water partition coefficient (Wildman–Crippen LogP) is 2.79. The van der Waals surface area contributed by atoms with Crippen LogP contribution in [-0.2, 0) is 9.47 Å². The first-order chi connectivity index (χ1) is 10.1. The van der Waals surface area contributed by atoms with Gasteiger partial charge in [-0.2, -0.15) is 0 Å². The molecule has 0 radical (unpaired) electrons. The molecule has 4 heteroatoms. The van der Waals surface area contributed by atoms with Gasteiger partial charge in [0, 0.05) is 49.7 Å². The first-order valence-corrected chi connectivity index (χ1v) is 7.80. The molecular weight excluding hydrogens is 264 g/mol. The topological polar surface area (TPSA) is 43.4 Å². The summed E-state index contributed by atoms with van der Waals surface area (Å²) in [5.74, 6) is 0. The molecule has 1 aliphatic rings. The van der Waals surface area contributed by atoms with Crippen molar-refractivity contribution in [1.29, 1.82) is 0 Å². The third-order valence-corrected chi connectivity index (χ3v) is 4.52. The summed E-state index contributed by atoms with van der Waals surface area (Å²) in [4.78, 5) is 4.56. The van der Waals surface area contributed by atoms with Gasteiger partial charge in [0.2, 0.25) is 0 Å². The fourth-order valence-corrected chi connectivity index (χ4v) is 3.12. The van der Waals surface area contributed by atoms with Crippen LogP contribution in [0.5, 0.6) is 0 Å². The second kappa shape index (κ2) is 7.34. The van der Waals surface area contributed by atoms with E-state index < -0.39 is 0 Å². The van der Waals surface area contributed by atoms with Crippen molar-refractivity contribution in [2.24, 2.45) is 5.41 Å². The number of ether oxygens (including phenoxy) is 2. The molecule has 1 fully saturated rings. The summed E-state index contributed by atoms with van der Waals surface area (Å²) < 4.78 is 11.0. The summed E-state index contributed by atoms with van der Waals surface area (Å²) in [6, 6.07) is 4.57. The molecular formula is C17H28N2O2. The van der Waals surface area contributed by atoms with Gasteiger partial charge < -0.3 is 14.8 Å². The van der Waals surface area contributed by atoms with Gasteiger partial charge in [0.05, 0.1) is 6.61 Å². The summed E-state index contributed by atoms with van der Waals surface area (Å²) in [6.45, 7) is 9.75. The van der Waals surface area contributed by atoms with Crippen LogP contribution in [0.2, 0.25) is 0 Å². The molecule has 0 bridgehead atoms. The lowest BCUT2D eigenvalue weighted by molar-refractivity contribution is -0.0278. The molecule has 21 heavy (non-hydrogen) atoms. The number of hydrogen-bond acceptors (Lipinski definition) is 4. The third-order valence-electron chi connectivity index (χ3n) is 4.52. The Balaban J connectivity index is 1.99. The first kappa shape index (κ1) is 16.4. The summed E-state index contributed by atoms with van der Waals surface area (Å²) >= 11 is 0. The maximum absolute atomic E-state index is 5.50. The van der Waals surface area contributed by atoms with Gasteiger partial charge in [0.1, 0.15) is 0 Å². The monoisotopic (exact) mass is 292 g/mol. The van der Waals surface area contributed by atoms with Gasteiger partial charge in [-0.3, -0.25) is 4.98 Å². The van der Waals surface area contributed by atoms with Gasteiger partial charge in [0.15, 0.2) is 0 Å². The van der Waals surface area contributed by atoms with Crippen molar-refractivity contribution >= 4 is 0 Å². The molecule has 1 saturated heterocycles. The lowest BCUT2D eigenvalue weighted by atomic mass is 9.80. The molecule has 1 atom stereocenters. The van der Waals surface area contributed by atoms with Gasteiger partial charge in [-0.1, -0.05) is 6.07 Å². The van der Waals surface area contributed by atoms with Gasteiger partial charge in [-0.25, -0.2) is 0 Å². The van der Waals surface area contributed by atoms with Crippen molar-refractivity contribution in [2.75, 3.05) is 33.5 Å². The van der Waals surface area contributed by atoms with E-state index in [0.717, 1.165) is 50.6 Å². The third kappa shape index (κ3) is 4.25. The van der Waals surface area contributed by atoms with Crippen molar-refractivity contribution in [3.05, 3.63) is 29.1 Å². The van der Waals surface area contributed by atoms with Crippen LogP contribution in [-0.4, -0.2) is 38.5 Å². The van der Waals surface area contributed by atoms with E-state index in [2.05, 4.69) is 36.3 Å². The molecule has 0 aromatic carbocycles. The Morgan fingerprint density at radius 2 is 2.05 bits per heavy atom. The molecule has 1 aromatic heterocycles. The van der Waals surface area contributed by atoms with Crippen LogP contribution in [0.25, 0.3) is 0 Å². The molecule has 0 aliphatic carbocycles. The van der Waals surface area contributed by atoms with Crippen molar-refractivity contribution in [3.8, 4) is 0 Å². The summed E-state index contributed by atoms with van der Waals surface area (Å²) in [7, 11) is 1.79. The van der Waals surface area contributed by atoms with E-state index in [4.69, 9.17) is 9.47 Å². The molecule has 1 aromatic rings. The molecule has 0 spiro atoms. The van der Waals surface area contributed by atoms with Crippen LogP contribution in [0, 0.1) is 19.3 Å². The zero-order valence-corrected chi connectivity index (χ0v) is 13.7. The number of nitrogens with zero attached hydrogens (tertiary/aromatic N) is 1. The Bertz CT molecular complexity index is 451. The standard InChI is InChI=1S/C17H28N2O2/c1-13-5-6-16(15(3)19-13)14(2)18-11-17(12-20-4)7-9-21-10-8-17/h5-6,14,18H,7-12H2,1-4H3. The maximum atomic E-state index is 5.50. The summed E-state index contributed by atoms with van der Waals surface area (Å²) in [5, 5.41) is 3.68. The molecule has 118 valence electrons. The summed E-state index contributed by atoms with van der Waals surface area (Å²) in [6.07, 6.45) is 2.12. The fraction of sp³-hybridized carbons (Fsp3) is 0.706. The zero-order chi connectivity index (χ0) is 15.3. The van der Waals surface area contributed by atoms with Crippen molar-refractivity contribution in [3.63, 3.8) is 0 Å². The lowest BCUT2D eigenvalue weighted by Gasteiger charge is -2.37. The van der Waals surface area contributed by atoms with E-state index >= 15 is 0 Å². The number of aromatic nitrogens is 1. The highest BCUT2D eigenvalue weighted by atomic mass is 16.5. The van der Waals surface area contributed by atoms with Gasteiger partial charge in [-0.05, 0) is 45.2 Å². The van der Waals surface area contributed by atoms with Crippen molar-refractivity contribution < 1.29 is 9.47 Å². The molecule has 0 saturated carbocycles. The minimum Gasteiger partial charge on any atom is -0.384 e. The quantitative estimate of drug-likeness (QED) is 0.875. The summed E-state index contributed by atoms with van der Waals surface area (Å²) in [5.41, 5.74) is 3.67. The smallest absolute Gasteiger partial charge is 0.0532 e. The number of aryl methyl sites for hydroxylation is 2. The minimum absolute atomic E-state index is 0.202. The Labute approximate surface area is 128 Å². The second-order valence-electron chi connectivity index (χ2n) is 6.28. The Kier molecular flexibility index (Phi) is 5.73. The molecule has 1 N–H and O–H groups in total. The molecule has 2 heterocycles. The highest BCUT2D eigenvalue weighted by Crippen LogP contribution is 2.31. The number of methoxy groups -OCH3 is 1. The van der Waals surface area contributed by atoms with Crippen LogP contribution in [0.3, 0.4) is 0 Å². The van der Waals surface area contributed by atoms with Crippen molar-refractivity contribution in [2.45, 2.75) is 39.7 Å². The van der Waals surface area contributed by atoms with Crippen LogP contribution in [0.1, 0.15) is 42.8 Å². The van der Waals surface area contributed by atoms with Crippen molar-refractivity contribution in [1.82, 2.24) is 10.3 Å². The zero-order valence-electron chi connectivity index (χ0n) is 13.7. The number of rotatable bonds is 6. The van der Waals surface area contributed by atoms with E-state index in [-0.39, 0.29) is 5.41 Å². The van der Waals surface area contributed by atoms with Crippen LogP contribution < -0.4 is 5.32 Å². The fourth-order valence-electron chi connectivity index (χ4n) is 3.12. The first-order valence-electron chi connectivity index (χ1n) is 7.80. The van der Waals surface area contributed by atoms with Crippen LogP contribution >= 0.6 is 0 Å². The minimum atomic E-state index is 0.202. The van der Waals surface area contributed by atoms with E-state index in [1.807, 2.05) is 6.92 Å². The Hall–Kier alpha value is -0.970. The van der Waals surface area contributed by atoms with E-state index in [0.29, 0.717) is 6.04 Å². The second-order valence-corrected chi connectivity index (χ2v) is 6.28. The highest BCUT2D eigenvalue weighted by molar-refractivity contribution is 5.24. The molecule has 1 unspecified atom stereocenters. The average Bonchev–Trinajstić information content (AvgIpc) is 2.46. The van der Waals surface area contributed by atoms with Gasteiger partial charge in [-0.15, -0.1) is 0 Å². The SMILES string of the molecule is COCC1(CNC(C)c2ccc(C)nc2C)CCOCC1. The number of hydrogen-bond donors (Lipinski definition) is 1. The van der Waals surface area contributed by atoms with E-state index in [1.165, 1.54) is 5.56 Å². The number of pyridine rings is 1. The molecule has 1 aliphatic heterocycles. The van der Waals surface area contributed by atoms with Gasteiger partial charge in [0.25, 0.3) is 0 Å². The van der Waals surface area contributed by atoms with Crippen LogP contribution in [0.4, 0.5) is 0 Å². The maximum Gasteiger partial charge on any atom is 0.0532 e. The normalized spacial score (nSPS) is 19.4. The molecule has 4 nitrogen and oxygen atoms in total. The average molecular weight is 292 g/mol. The highest BCUT2D eigenvalue weighted by Gasteiger charge is 2.33. The number of nitrogens with one attached hydrogen (secondary N) is 1. The predicted molar refractivity (Wildman–Crippen MR) is 84.5 cm³/mol. The Morgan fingerprint density at radius 3 is 2.67 bits per heavy atom. The Morgan fingerprint density at radius 1 is 1.33 bits per heavy atom. The largest absolute Gasteiger partial charge is 0.384 e. The molecule has 0 amide bonds. The molecule has 2 rings (SSSR count). The van der Waals surface area contributed by atoms with Crippen LogP contribution in [0.15, 0.2) is 12.1 Å². The van der Waals surface area contributed by atoms with E-state index in [9.17, 15) is 0 Å². The van der Waals surface area contributed by atoms with E-state index in [1.54, 1.807) is 7.11 Å². The lowest BCUT2D eigenvalue weighted by Crippen LogP contribution is -2.43.